The molecule has 3 nitrogen and oxygen atoms in total. The van der Waals surface area contributed by atoms with Crippen LogP contribution in [0.4, 0.5) is 0 Å². The Morgan fingerprint density at radius 3 is 2.31 bits per heavy atom. The van der Waals surface area contributed by atoms with Gasteiger partial charge in [0, 0.05) is 11.3 Å². The Morgan fingerprint density at radius 1 is 1.38 bits per heavy atom. The molecule has 0 bridgehead atoms. The molecule has 0 radical (unpaired) electrons. The molecule has 0 aromatic heterocycles. The van der Waals surface area contributed by atoms with Crippen LogP contribution in [0.1, 0.15) is 27.7 Å². The molecule has 0 aromatic carbocycles. The van der Waals surface area contributed by atoms with Crippen molar-refractivity contribution >= 4 is 17.7 Å². The van der Waals surface area contributed by atoms with Gasteiger partial charge in [-0.25, -0.2) is 0 Å². The van der Waals surface area contributed by atoms with Gasteiger partial charge in [0.05, 0.1) is 11.9 Å². The fraction of sp³-hybridized carbons (Fsp3) is 0.889. The minimum Gasteiger partial charge on any atom is -0.395 e. The third kappa shape index (κ3) is 5.93. The van der Waals surface area contributed by atoms with Crippen molar-refractivity contribution in [1.82, 2.24) is 5.32 Å². The number of carbonyl (C=O) groups is 1. The molecular formula is C9H19NO2S. The summed E-state index contributed by atoms with van der Waals surface area (Å²) >= 11 is 1.49. The van der Waals surface area contributed by atoms with Gasteiger partial charge in [0.15, 0.2) is 0 Å². The molecule has 2 N–H and O–H groups in total. The van der Waals surface area contributed by atoms with E-state index in [1.165, 1.54) is 11.8 Å². The van der Waals surface area contributed by atoms with Crippen LogP contribution in [0.25, 0.3) is 0 Å². The number of carbonyl (C=O) groups excluding carboxylic acids is 1. The summed E-state index contributed by atoms with van der Waals surface area (Å²) in [4.78, 5) is 11.4. The summed E-state index contributed by atoms with van der Waals surface area (Å²) in [5.74, 6) is 0.0419. The Morgan fingerprint density at radius 2 is 1.92 bits per heavy atom. The molecule has 0 aliphatic rings. The molecule has 13 heavy (non-hydrogen) atoms. The molecule has 78 valence electrons. The maximum atomic E-state index is 11.4. The first-order valence-electron chi connectivity index (χ1n) is 4.54. The SMILES string of the molecule is CC(C)NC(=O)C(C)SC(C)CO. The van der Waals surface area contributed by atoms with Gasteiger partial charge in [-0.2, -0.15) is 0 Å². The van der Waals surface area contributed by atoms with Gasteiger partial charge in [-0.05, 0) is 20.8 Å². The summed E-state index contributed by atoms with van der Waals surface area (Å²) in [5.41, 5.74) is 0. The molecule has 0 rings (SSSR count). The molecular weight excluding hydrogens is 186 g/mol. The highest BCUT2D eigenvalue weighted by molar-refractivity contribution is 8.01. The monoisotopic (exact) mass is 205 g/mol. The van der Waals surface area contributed by atoms with Gasteiger partial charge in [0.1, 0.15) is 0 Å². The van der Waals surface area contributed by atoms with Crippen LogP contribution in [-0.2, 0) is 4.79 Å². The maximum Gasteiger partial charge on any atom is 0.233 e. The fourth-order valence-corrected chi connectivity index (χ4v) is 1.83. The number of nitrogens with one attached hydrogen (secondary N) is 1. The lowest BCUT2D eigenvalue weighted by molar-refractivity contribution is -0.120. The highest BCUT2D eigenvalue weighted by atomic mass is 32.2. The largest absolute Gasteiger partial charge is 0.395 e. The van der Waals surface area contributed by atoms with E-state index in [0.29, 0.717) is 0 Å². The first kappa shape index (κ1) is 12.8. The van der Waals surface area contributed by atoms with E-state index in [0.717, 1.165) is 0 Å². The van der Waals surface area contributed by atoms with E-state index >= 15 is 0 Å². The normalized spacial score (nSPS) is 15.5. The minimum absolute atomic E-state index is 0.0419. The van der Waals surface area contributed by atoms with Crippen LogP contribution in [0, 0.1) is 0 Å². The van der Waals surface area contributed by atoms with E-state index in [-0.39, 0.29) is 29.1 Å². The van der Waals surface area contributed by atoms with Crippen molar-refractivity contribution in [3.05, 3.63) is 0 Å². The van der Waals surface area contributed by atoms with Gasteiger partial charge in [-0.3, -0.25) is 4.79 Å². The Kier molecular flexibility index (Phi) is 6.16. The zero-order chi connectivity index (χ0) is 10.4. The van der Waals surface area contributed by atoms with Crippen LogP contribution in [0.5, 0.6) is 0 Å². The van der Waals surface area contributed by atoms with Crippen molar-refractivity contribution in [2.75, 3.05) is 6.61 Å². The summed E-state index contributed by atoms with van der Waals surface area (Å²) in [6, 6.07) is 0.181. The van der Waals surface area contributed by atoms with Crippen molar-refractivity contribution in [3.8, 4) is 0 Å². The molecule has 1 amide bonds. The molecule has 0 saturated heterocycles. The second-order valence-electron chi connectivity index (χ2n) is 3.43. The lowest BCUT2D eigenvalue weighted by Gasteiger charge is -2.16. The second kappa shape index (κ2) is 6.27. The minimum atomic E-state index is -0.0930. The third-order valence-electron chi connectivity index (χ3n) is 1.49. The summed E-state index contributed by atoms with van der Waals surface area (Å²) in [6.45, 7) is 7.75. The van der Waals surface area contributed by atoms with E-state index in [2.05, 4.69) is 5.32 Å². The van der Waals surface area contributed by atoms with Crippen LogP contribution in [0.15, 0.2) is 0 Å². The molecule has 0 heterocycles. The van der Waals surface area contributed by atoms with Gasteiger partial charge >= 0.3 is 0 Å². The first-order valence-corrected chi connectivity index (χ1v) is 5.48. The molecule has 4 heteroatoms. The molecule has 0 fully saturated rings. The number of hydrogen-bond donors (Lipinski definition) is 2. The molecule has 0 aliphatic heterocycles. The quantitative estimate of drug-likeness (QED) is 0.704. The number of hydrogen-bond acceptors (Lipinski definition) is 3. The molecule has 0 aliphatic carbocycles. The van der Waals surface area contributed by atoms with E-state index in [1.54, 1.807) is 0 Å². The average molecular weight is 205 g/mol. The Bertz CT molecular complexity index is 162. The molecule has 2 unspecified atom stereocenters. The lowest BCUT2D eigenvalue weighted by Crippen LogP contribution is -2.36. The topological polar surface area (TPSA) is 49.3 Å². The van der Waals surface area contributed by atoms with Crippen LogP contribution in [-0.4, -0.2) is 34.2 Å². The van der Waals surface area contributed by atoms with Gasteiger partial charge < -0.3 is 10.4 Å². The fourth-order valence-electron chi connectivity index (χ4n) is 0.855. The smallest absolute Gasteiger partial charge is 0.233 e. The van der Waals surface area contributed by atoms with Gasteiger partial charge in [-0.15, -0.1) is 11.8 Å². The zero-order valence-electron chi connectivity index (χ0n) is 8.70. The van der Waals surface area contributed by atoms with Gasteiger partial charge in [-0.1, -0.05) is 6.92 Å². The standard InChI is InChI=1S/C9H19NO2S/c1-6(2)10-9(12)8(4)13-7(3)5-11/h6-8,11H,5H2,1-4H3,(H,10,12). The highest BCUT2D eigenvalue weighted by Gasteiger charge is 2.16. The molecule has 0 aromatic rings. The van der Waals surface area contributed by atoms with Crippen molar-refractivity contribution in [2.24, 2.45) is 0 Å². The number of aliphatic hydroxyl groups excluding tert-OH is 1. The summed E-state index contributed by atoms with van der Waals surface area (Å²) in [6.07, 6.45) is 0. The number of aliphatic hydroxyl groups is 1. The van der Waals surface area contributed by atoms with Crippen LogP contribution in [0.2, 0.25) is 0 Å². The Balaban J connectivity index is 3.82. The Labute approximate surface area is 84.3 Å². The van der Waals surface area contributed by atoms with Gasteiger partial charge in [0.2, 0.25) is 5.91 Å². The summed E-state index contributed by atoms with van der Waals surface area (Å²) in [7, 11) is 0. The van der Waals surface area contributed by atoms with E-state index in [1.807, 2.05) is 27.7 Å². The molecule has 0 saturated carbocycles. The predicted octanol–water partition coefficient (Wildman–Crippen LogP) is 1.01. The lowest BCUT2D eigenvalue weighted by atomic mass is 10.3. The van der Waals surface area contributed by atoms with Crippen molar-refractivity contribution in [3.63, 3.8) is 0 Å². The van der Waals surface area contributed by atoms with Crippen LogP contribution >= 0.6 is 11.8 Å². The van der Waals surface area contributed by atoms with Crippen molar-refractivity contribution in [2.45, 2.75) is 44.2 Å². The van der Waals surface area contributed by atoms with Crippen LogP contribution < -0.4 is 5.32 Å². The zero-order valence-corrected chi connectivity index (χ0v) is 9.52. The van der Waals surface area contributed by atoms with E-state index in [4.69, 9.17) is 5.11 Å². The van der Waals surface area contributed by atoms with Crippen LogP contribution in [0.3, 0.4) is 0 Å². The van der Waals surface area contributed by atoms with Crippen molar-refractivity contribution in [1.29, 1.82) is 0 Å². The first-order chi connectivity index (χ1) is 5.97. The second-order valence-corrected chi connectivity index (χ2v) is 5.22. The third-order valence-corrected chi connectivity index (χ3v) is 2.73. The van der Waals surface area contributed by atoms with Crippen molar-refractivity contribution < 1.29 is 9.90 Å². The average Bonchev–Trinajstić information content (AvgIpc) is 2.02. The maximum absolute atomic E-state index is 11.4. The van der Waals surface area contributed by atoms with Gasteiger partial charge in [0.25, 0.3) is 0 Å². The summed E-state index contributed by atoms with van der Waals surface area (Å²) in [5, 5.41) is 11.7. The summed E-state index contributed by atoms with van der Waals surface area (Å²) < 4.78 is 0. The highest BCUT2D eigenvalue weighted by Crippen LogP contribution is 2.16. The van der Waals surface area contributed by atoms with E-state index < -0.39 is 0 Å². The Hall–Kier alpha value is -0.220. The molecule has 0 spiro atoms. The molecule has 2 atom stereocenters. The number of rotatable bonds is 5. The number of amides is 1. The number of thioether (sulfide) groups is 1. The van der Waals surface area contributed by atoms with E-state index in [9.17, 15) is 4.79 Å². The predicted molar refractivity (Wildman–Crippen MR) is 56.9 cm³/mol.